The topological polar surface area (TPSA) is 520 Å². The van der Waals surface area contributed by atoms with Crippen molar-refractivity contribution in [3.05, 3.63) is 30.3 Å². The number of hydrogen-bond acceptors (Lipinski definition) is 34. The molecule has 96 heavy (non-hydrogen) atoms. The van der Waals surface area contributed by atoms with Crippen LogP contribution in [0.2, 0.25) is 0 Å². The van der Waals surface area contributed by atoms with E-state index in [0.717, 1.165) is 19.3 Å². The van der Waals surface area contributed by atoms with Crippen molar-refractivity contribution in [2.24, 2.45) is 0 Å². The Morgan fingerprint density at radius 1 is 0.385 bits per heavy atom. The van der Waals surface area contributed by atoms with Gasteiger partial charge in [0.15, 0.2) is 44.0 Å². The van der Waals surface area contributed by atoms with Crippen molar-refractivity contribution in [2.45, 2.75) is 333 Å². The van der Waals surface area contributed by atoms with Gasteiger partial charge in [-0.1, -0.05) is 63.6 Å². The van der Waals surface area contributed by atoms with E-state index in [4.69, 9.17) is 71.1 Å². The molecule has 0 spiro atoms. The van der Waals surface area contributed by atoms with E-state index in [2.05, 4.69) is 0 Å². The Labute approximate surface area is 554 Å². The van der Waals surface area contributed by atoms with Crippen molar-refractivity contribution in [1.82, 2.24) is 0 Å². The van der Waals surface area contributed by atoms with Crippen LogP contribution in [-0.2, 0) is 71.1 Å². The zero-order valence-corrected chi connectivity index (χ0v) is 54.3. The molecule has 18 N–H and O–H groups in total. The van der Waals surface area contributed by atoms with E-state index in [0.29, 0.717) is 44.3 Å². The number of ether oxygens (including phenoxy) is 15. The summed E-state index contributed by atoms with van der Waals surface area (Å²) in [5.41, 5.74) is 0. The Kier molecular flexibility index (Phi) is 29.7. The zero-order chi connectivity index (χ0) is 70.1. The van der Waals surface area contributed by atoms with Crippen LogP contribution in [0, 0.1) is 0 Å². The third kappa shape index (κ3) is 19.0. The number of aliphatic hydroxyl groups excluding tert-OH is 18. The van der Waals surface area contributed by atoms with Gasteiger partial charge in [-0.25, -0.2) is 0 Å². The number of esters is 1. The summed E-state index contributed by atoms with van der Waals surface area (Å²) in [6.45, 7) is 6.85. The molecule has 34 nitrogen and oxygen atoms in total. The summed E-state index contributed by atoms with van der Waals surface area (Å²) in [7, 11) is 0. The summed E-state index contributed by atoms with van der Waals surface area (Å²) in [4.78, 5) is 12.3. The highest BCUT2D eigenvalue weighted by atomic mass is 16.8. The van der Waals surface area contributed by atoms with E-state index in [-0.39, 0.29) is 6.42 Å². The maximum atomic E-state index is 12.6. The van der Waals surface area contributed by atoms with Gasteiger partial charge < -0.3 is 163 Å². The van der Waals surface area contributed by atoms with Crippen LogP contribution >= 0.6 is 0 Å². The van der Waals surface area contributed by atoms with Gasteiger partial charge in [-0.2, -0.15) is 0 Å². The monoisotopic (exact) mass is 1390 g/mol. The van der Waals surface area contributed by atoms with Gasteiger partial charge in [-0.05, 0) is 66.0 Å². The lowest BCUT2D eigenvalue weighted by Gasteiger charge is -2.51. The number of rotatable bonds is 29. The SMILES string of the molecule is CCC[C@@H](CCCCCCC[C@H](O)CC(=O)Oc1ccccc1)O[C@@H]1O[C@H](C)[C@H](O)[C@H](O)[C@H]1O[C@@H]1O[C@H](CO)[C@@H](O)[C@H](O)[C@H]1O[C@@H]1O[C@@H](C)[C@H](O[C@@H]2O[C@H](C)[C@@H](O)[C@H](O)[C@H]2O)[C@@H](O[C@@H]2O[C@H](CO)[C@@H](O)[C@H](O)[C@H]2O[C@@H]2O[C@H](C)[C@@H](O)[C@H](O[C@@H]3O[C@@H](C)[C@H](O)[C@@H](O)[C@H]3O)[C@H]2O)[C@H]1O. The molecule has 8 rings (SSSR count). The van der Waals surface area contributed by atoms with Crippen molar-refractivity contribution < 1.29 is 168 Å². The van der Waals surface area contributed by atoms with Crippen LogP contribution in [0.1, 0.15) is 106 Å². The molecule has 7 heterocycles. The predicted octanol–water partition coefficient (Wildman–Crippen LogP) is -5.86. The average Bonchev–Trinajstić information content (AvgIpc) is 0.769. The van der Waals surface area contributed by atoms with Gasteiger partial charge in [-0.15, -0.1) is 0 Å². The number of carbonyl (C=O) groups excluding carboxylic acids is 1. The molecule has 7 aliphatic heterocycles. The molecule has 0 saturated carbocycles. The molecular formula is C62H102O34. The summed E-state index contributed by atoms with van der Waals surface area (Å²) < 4.78 is 90.5. The number of carbonyl (C=O) groups is 1. The van der Waals surface area contributed by atoms with E-state index in [1.807, 2.05) is 6.92 Å². The minimum Gasteiger partial charge on any atom is -0.426 e. The normalized spacial score (nSPS) is 46.3. The van der Waals surface area contributed by atoms with Gasteiger partial charge in [0, 0.05) is 0 Å². The fourth-order valence-electron chi connectivity index (χ4n) is 12.8. The molecule has 0 aromatic heterocycles. The van der Waals surface area contributed by atoms with E-state index in [9.17, 15) is 96.7 Å². The number of unbranched alkanes of at least 4 members (excludes halogenated alkanes) is 4. The Morgan fingerprint density at radius 2 is 0.771 bits per heavy atom. The molecule has 37 atom stereocenters. The molecule has 0 radical (unpaired) electrons. The molecule has 1 aromatic carbocycles. The first-order valence-electron chi connectivity index (χ1n) is 33.1. The first-order chi connectivity index (χ1) is 45.6. The van der Waals surface area contributed by atoms with Crippen LogP contribution in [0.4, 0.5) is 0 Å². The smallest absolute Gasteiger partial charge is 0.313 e. The van der Waals surface area contributed by atoms with Crippen LogP contribution < -0.4 is 4.74 Å². The zero-order valence-electron chi connectivity index (χ0n) is 54.3. The van der Waals surface area contributed by atoms with Crippen molar-refractivity contribution >= 4 is 5.97 Å². The van der Waals surface area contributed by atoms with Crippen molar-refractivity contribution in [2.75, 3.05) is 13.2 Å². The molecule has 7 aliphatic rings. The molecule has 0 unspecified atom stereocenters. The maximum absolute atomic E-state index is 12.6. The van der Waals surface area contributed by atoms with Gasteiger partial charge >= 0.3 is 5.97 Å². The minimum absolute atomic E-state index is 0.152. The second-order valence-corrected chi connectivity index (χ2v) is 26.0. The van der Waals surface area contributed by atoms with E-state index >= 15 is 0 Å². The Balaban J connectivity index is 1.01. The number of para-hydroxylation sites is 1. The van der Waals surface area contributed by atoms with Gasteiger partial charge in [0.2, 0.25) is 0 Å². The number of hydrogen-bond donors (Lipinski definition) is 18. The maximum Gasteiger partial charge on any atom is 0.313 e. The lowest BCUT2D eigenvalue weighted by molar-refractivity contribution is -0.415. The first kappa shape index (κ1) is 79.1. The van der Waals surface area contributed by atoms with Crippen molar-refractivity contribution in [1.29, 1.82) is 0 Å². The third-order valence-electron chi connectivity index (χ3n) is 18.7. The van der Waals surface area contributed by atoms with Gasteiger partial charge in [0.05, 0.1) is 62.4 Å². The van der Waals surface area contributed by atoms with E-state index in [1.165, 1.54) is 34.6 Å². The molecule has 0 aliphatic carbocycles. The number of aliphatic hydroxyl groups is 18. The molecular weight excluding hydrogens is 1290 g/mol. The fraction of sp³-hybridized carbons (Fsp3) is 0.887. The second kappa shape index (κ2) is 36.0. The molecule has 7 fully saturated rings. The Bertz CT molecular complexity index is 2450. The molecule has 34 heteroatoms. The average molecular weight is 1390 g/mol. The highest BCUT2D eigenvalue weighted by Crippen LogP contribution is 2.40. The van der Waals surface area contributed by atoms with Gasteiger partial charge in [0.1, 0.15) is 146 Å². The van der Waals surface area contributed by atoms with Crippen LogP contribution in [0.5, 0.6) is 5.75 Å². The quantitative estimate of drug-likeness (QED) is 0.0202. The lowest BCUT2D eigenvalue weighted by Crippen LogP contribution is -2.69. The van der Waals surface area contributed by atoms with Gasteiger partial charge in [-0.3, -0.25) is 4.79 Å². The van der Waals surface area contributed by atoms with Crippen LogP contribution in [0.15, 0.2) is 30.3 Å². The largest absolute Gasteiger partial charge is 0.426 e. The van der Waals surface area contributed by atoms with E-state index in [1.54, 1.807) is 30.3 Å². The third-order valence-corrected chi connectivity index (χ3v) is 18.7. The molecule has 0 amide bonds. The lowest BCUT2D eigenvalue weighted by atomic mass is 9.95. The van der Waals surface area contributed by atoms with Crippen molar-refractivity contribution in [3.8, 4) is 5.75 Å². The first-order valence-corrected chi connectivity index (χ1v) is 33.1. The van der Waals surface area contributed by atoms with E-state index < -0.39 is 246 Å². The Morgan fingerprint density at radius 3 is 1.28 bits per heavy atom. The second-order valence-electron chi connectivity index (χ2n) is 26.0. The fourth-order valence-corrected chi connectivity index (χ4v) is 12.8. The van der Waals surface area contributed by atoms with Crippen molar-refractivity contribution in [3.63, 3.8) is 0 Å². The summed E-state index contributed by atoms with van der Waals surface area (Å²) >= 11 is 0. The van der Waals surface area contributed by atoms with Crippen LogP contribution in [-0.4, -0.2) is 338 Å². The summed E-state index contributed by atoms with van der Waals surface area (Å²) in [5.74, 6) is -0.152. The molecule has 1 aromatic rings. The summed E-state index contributed by atoms with van der Waals surface area (Å²) in [6, 6.07) is 8.55. The highest BCUT2D eigenvalue weighted by Gasteiger charge is 2.59. The van der Waals surface area contributed by atoms with Gasteiger partial charge in [0.25, 0.3) is 0 Å². The number of benzene rings is 1. The van der Waals surface area contributed by atoms with Crippen LogP contribution in [0.3, 0.4) is 0 Å². The standard InChI is InChI=1S/C62H102O34/c1-7-16-30(18-13-10-8-9-12-17-29(65)21-34(66)87-31-19-14-11-15-20-31)88-60-53(43(75)37(69)26(4)85-60)96-62-55(45(77)40(72)33(23-64)90-62)95-59-49(81)52(50(28(6)86-59)91-56-46(78)41(73)35(67)24(2)82-56)93-61-54(44(76)39(71)32(22-63)89-61)94-58-48(80)51(38(70)27(5)84-58)92-57-47(79)42(74)36(68)25(3)83-57/h11,14-15,19-20,24-30,32-33,35-65,67-81H,7-10,12-13,16-18,21-23H2,1-6H3/t24-,25+,26-,27-,28+,29+,30+,32-,33-,35-,36+,37+,38-,39-,40-,41+,42-,43+,44+,45+,46-,47-,48-,49-,50+,51+,52+,53-,54-,55-,56+,57+,58+,59+,60+,61+,62+/m1/s1. The van der Waals surface area contributed by atoms with Crippen LogP contribution in [0.25, 0.3) is 0 Å². The molecule has 554 valence electrons. The predicted molar refractivity (Wildman–Crippen MR) is 317 cm³/mol. The molecule has 7 saturated heterocycles. The highest BCUT2D eigenvalue weighted by molar-refractivity contribution is 5.72. The summed E-state index contributed by atoms with van der Waals surface area (Å²) in [6.07, 6.45) is -58.3. The Hall–Kier alpha value is -2.59. The minimum atomic E-state index is -2.27. The molecule has 0 bridgehead atoms. The summed E-state index contributed by atoms with van der Waals surface area (Å²) in [5, 5.41) is 200.